The monoisotopic (exact) mass is 391 g/mol. The number of sulfone groups is 1. The summed E-state index contributed by atoms with van der Waals surface area (Å²) in [5.41, 5.74) is 7.44. The lowest BCUT2D eigenvalue weighted by molar-refractivity contribution is 0.596. The molecule has 2 aromatic carbocycles. The molecule has 0 atom stereocenters. The average Bonchev–Trinajstić information content (AvgIpc) is 2.74. The molecule has 0 saturated heterocycles. The quantitative estimate of drug-likeness (QED) is 0.406. The molecule has 1 aromatic heterocycles. The molecule has 0 unspecified atom stereocenters. The normalized spacial score (nSPS) is 11.6. The van der Waals surface area contributed by atoms with Crippen LogP contribution in [0, 0.1) is 11.5 Å². The summed E-state index contributed by atoms with van der Waals surface area (Å²) in [5.74, 6) is 0.0367. The number of nitrogens with zero attached hydrogens (tertiary/aromatic N) is 4. The van der Waals surface area contributed by atoms with E-state index in [9.17, 15) is 8.42 Å². The van der Waals surface area contributed by atoms with Gasteiger partial charge in [0.1, 0.15) is 0 Å². The first-order chi connectivity index (χ1) is 13.5. The summed E-state index contributed by atoms with van der Waals surface area (Å²) in [6, 6.07) is 18.3. The van der Waals surface area contributed by atoms with Gasteiger partial charge in [0, 0.05) is 18.1 Å². The van der Waals surface area contributed by atoms with Gasteiger partial charge in [0.25, 0.3) is 0 Å². The van der Waals surface area contributed by atoms with Crippen LogP contribution in [0.1, 0.15) is 5.56 Å². The van der Waals surface area contributed by atoms with E-state index in [4.69, 9.17) is 11.0 Å². The fraction of sp³-hybridized carbons (Fsp3) is 0.0500. The highest BCUT2D eigenvalue weighted by Crippen LogP contribution is 2.22. The fourth-order valence-electron chi connectivity index (χ4n) is 2.63. The lowest BCUT2D eigenvalue weighted by Crippen LogP contribution is -2.36. The van der Waals surface area contributed by atoms with Crippen LogP contribution in [0.2, 0.25) is 0 Å². The van der Waals surface area contributed by atoms with Gasteiger partial charge in [-0.15, -0.1) is 4.99 Å². The molecular formula is C20H17N5O2S. The van der Waals surface area contributed by atoms with Crippen LogP contribution in [0.25, 0.3) is 0 Å². The van der Waals surface area contributed by atoms with Gasteiger partial charge in [0.2, 0.25) is 22.0 Å². The minimum atomic E-state index is -3.57. The highest BCUT2D eigenvalue weighted by Gasteiger charge is 2.18. The summed E-state index contributed by atoms with van der Waals surface area (Å²) in [4.78, 5) is 9.66. The zero-order valence-corrected chi connectivity index (χ0v) is 15.6. The molecule has 3 aromatic rings. The minimum absolute atomic E-state index is 0.0367. The van der Waals surface area contributed by atoms with Crippen molar-refractivity contribution in [1.82, 2.24) is 4.98 Å². The topological polar surface area (TPSA) is 112 Å². The number of aliphatic imine (C=N–C) groups is 1. The zero-order chi connectivity index (χ0) is 20.0. The van der Waals surface area contributed by atoms with Crippen LogP contribution in [-0.2, 0) is 16.4 Å². The molecule has 7 nitrogen and oxygen atoms in total. The summed E-state index contributed by atoms with van der Waals surface area (Å²) < 4.78 is 25.4. The van der Waals surface area contributed by atoms with Gasteiger partial charge < -0.3 is 10.6 Å². The number of benzene rings is 2. The molecular weight excluding hydrogens is 374 g/mol. The molecule has 0 saturated carbocycles. The molecule has 3 rings (SSSR count). The van der Waals surface area contributed by atoms with Gasteiger partial charge in [-0.25, -0.2) is 8.42 Å². The number of anilines is 1. The number of hydrogen-bond acceptors (Lipinski definition) is 5. The maximum absolute atomic E-state index is 12.7. The molecule has 140 valence electrons. The van der Waals surface area contributed by atoms with Gasteiger partial charge >= 0.3 is 0 Å². The SMILES string of the molecule is N#CN=C(N)N(Cc1ccc(S(=O)(=O)c2ccccc2)cc1)c1ccncc1. The minimum Gasteiger partial charge on any atom is -0.369 e. The summed E-state index contributed by atoms with van der Waals surface area (Å²) in [6.45, 7) is 0.312. The Hall–Kier alpha value is -3.70. The molecule has 0 amide bonds. The Balaban J connectivity index is 1.88. The largest absolute Gasteiger partial charge is 0.369 e. The summed E-state index contributed by atoms with van der Waals surface area (Å²) in [7, 11) is -3.57. The standard InChI is InChI=1S/C20H17N5O2S/c21-15-24-20(22)25(17-10-12-23-13-11-17)14-16-6-8-19(9-7-16)28(26,27)18-4-2-1-3-5-18/h1-13H,14H2,(H2,22,24). The Morgan fingerprint density at radius 2 is 1.61 bits per heavy atom. The van der Waals surface area contributed by atoms with Gasteiger partial charge in [-0.1, -0.05) is 30.3 Å². The van der Waals surface area contributed by atoms with E-state index in [0.29, 0.717) is 12.2 Å². The molecule has 0 bridgehead atoms. The van der Waals surface area contributed by atoms with E-state index in [0.717, 1.165) is 5.56 Å². The van der Waals surface area contributed by atoms with Crippen molar-refractivity contribution in [3.63, 3.8) is 0 Å². The predicted octanol–water partition coefficient (Wildman–Crippen LogP) is 2.72. The van der Waals surface area contributed by atoms with Crippen molar-refractivity contribution >= 4 is 21.5 Å². The van der Waals surface area contributed by atoms with Crippen LogP contribution in [0.4, 0.5) is 5.69 Å². The second kappa shape index (κ2) is 8.33. The molecule has 1 heterocycles. The maximum Gasteiger partial charge on any atom is 0.212 e. The van der Waals surface area contributed by atoms with Crippen molar-refractivity contribution in [2.75, 3.05) is 4.90 Å². The van der Waals surface area contributed by atoms with Crippen LogP contribution >= 0.6 is 0 Å². The van der Waals surface area contributed by atoms with E-state index in [1.807, 2.05) is 0 Å². The third kappa shape index (κ3) is 4.16. The first kappa shape index (κ1) is 19.1. The van der Waals surface area contributed by atoms with Crippen molar-refractivity contribution in [1.29, 1.82) is 5.26 Å². The van der Waals surface area contributed by atoms with E-state index in [-0.39, 0.29) is 15.8 Å². The Bertz CT molecular complexity index is 1110. The van der Waals surface area contributed by atoms with Crippen molar-refractivity contribution < 1.29 is 8.42 Å². The van der Waals surface area contributed by atoms with Crippen molar-refractivity contribution in [3.05, 3.63) is 84.7 Å². The van der Waals surface area contributed by atoms with Crippen LogP contribution in [0.15, 0.2) is 93.9 Å². The van der Waals surface area contributed by atoms with Crippen LogP contribution in [0.5, 0.6) is 0 Å². The summed E-state index contributed by atoms with van der Waals surface area (Å²) >= 11 is 0. The Morgan fingerprint density at radius 1 is 1.00 bits per heavy atom. The Labute approximate surface area is 163 Å². The number of nitriles is 1. The maximum atomic E-state index is 12.7. The number of pyridine rings is 1. The molecule has 0 aliphatic rings. The van der Waals surface area contributed by atoms with Crippen molar-refractivity contribution in [3.8, 4) is 6.19 Å². The van der Waals surface area contributed by atoms with E-state index in [1.165, 1.54) is 0 Å². The van der Waals surface area contributed by atoms with Gasteiger partial charge in [-0.05, 0) is 42.0 Å². The number of guanidine groups is 1. The van der Waals surface area contributed by atoms with E-state index in [1.54, 1.807) is 90.2 Å². The van der Waals surface area contributed by atoms with Crippen molar-refractivity contribution in [2.24, 2.45) is 10.7 Å². The Kier molecular flexibility index (Phi) is 5.67. The third-order valence-corrected chi connectivity index (χ3v) is 5.83. The molecule has 0 spiro atoms. The molecule has 0 fully saturated rings. The second-order valence-electron chi connectivity index (χ2n) is 5.82. The highest BCUT2D eigenvalue weighted by molar-refractivity contribution is 7.91. The fourth-order valence-corrected chi connectivity index (χ4v) is 3.91. The molecule has 2 N–H and O–H groups in total. The number of nitrogens with two attached hydrogens (primary N) is 1. The summed E-state index contributed by atoms with van der Waals surface area (Å²) in [6.07, 6.45) is 4.89. The number of rotatable bonds is 5. The molecule has 0 aliphatic carbocycles. The lowest BCUT2D eigenvalue weighted by Gasteiger charge is -2.23. The van der Waals surface area contributed by atoms with Gasteiger partial charge in [-0.2, -0.15) is 5.26 Å². The zero-order valence-electron chi connectivity index (χ0n) is 14.8. The number of hydrogen-bond donors (Lipinski definition) is 1. The van der Waals surface area contributed by atoms with Gasteiger partial charge in [-0.3, -0.25) is 4.98 Å². The average molecular weight is 391 g/mol. The van der Waals surface area contributed by atoms with Gasteiger partial charge in [0.15, 0.2) is 0 Å². The van der Waals surface area contributed by atoms with Crippen LogP contribution < -0.4 is 10.6 Å². The second-order valence-corrected chi connectivity index (χ2v) is 7.77. The lowest BCUT2D eigenvalue weighted by atomic mass is 10.2. The van der Waals surface area contributed by atoms with Crippen molar-refractivity contribution in [2.45, 2.75) is 16.3 Å². The van der Waals surface area contributed by atoms with Gasteiger partial charge in [0.05, 0.1) is 16.3 Å². The van der Waals surface area contributed by atoms with Crippen LogP contribution in [0.3, 0.4) is 0 Å². The molecule has 28 heavy (non-hydrogen) atoms. The highest BCUT2D eigenvalue weighted by atomic mass is 32.2. The molecule has 0 aliphatic heterocycles. The molecule has 8 heteroatoms. The number of aromatic nitrogens is 1. The first-order valence-electron chi connectivity index (χ1n) is 8.31. The Morgan fingerprint density at radius 3 is 2.21 bits per heavy atom. The predicted molar refractivity (Wildman–Crippen MR) is 106 cm³/mol. The summed E-state index contributed by atoms with van der Waals surface area (Å²) in [5, 5.41) is 8.81. The van der Waals surface area contributed by atoms with E-state index >= 15 is 0 Å². The third-order valence-electron chi connectivity index (χ3n) is 4.04. The smallest absolute Gasteiger partial charge is 0.212 e. The van der Waals surface area contributed by atoms with E-state index in [2.05, 4.69) is 9.98 Å². The first-order valence-corrected chi connectivity index (χ1v) is 9.79. The molecule has 0 radical (unpaired) electrons. The van der Waals surface area contributed by atoms with Crippen LogP contribution in [-0.4, -0.2) is 19.4 Å². The van der Waals surface area contributed by atoms with E-state index < -0.39 is 9.84 Å².